The maximum Gasteiger partial charge on any atom is 0.387 e. The smallest absolute Gasteiger partial charge is 0.387 e. The van der Waals surface area contributed by atoms with Crippen molar-refractivity contribution >= 4 is 34.6 Å². The predicted molar refractivity (Wildman–Crippen MR) is 100 cm³/mol. The molecule has 0 atom stereocenters. The Hall–Kier alpha value is -2.94. The summed E-state index contributed by atoms with van der Waals surface area (Å²) >= 11 is 5.04. The lowest BCUT2D eigenvalue weighted by atomic mass is 10.2. The Bertz CT molecular complexity index is 739. The topological polar surface area (TPSA) is 74.4 Å². The van der Waals surface area contributed by atoms with Crippen molar-refractivity contribution in [2.75, 3.05) is 17.2 Å². The summed E-state index contributed by atoms with van der Waals surface area (Å²) in [5.74, 6) is -0.268. The molecule has 1 amide bonds. The van der Waals surface area contributed by atoms with Gasteiger partial charge in [-0.15, -0.1) is 0 Å². The fourth-order valence-corrected chi connectivity index (χ4v) is 2.08. The molecule has 26 heavy (non-hydrogen) atoms. The summed E-state index contributed by atoms with van der Waals surface area (Å²) in [4.78, 5) is 11.8. The van der Waals surface area contributed by atoms with E-state index in [1.54, 1.807) is 0 Å². The number of hydrogen-bond donors (Lipinski definition) is 4. The molecule has 0 bridgehead atoms. The molecule has 0 spiro atoms. The number of amides is 1. The lowest BCUT2D eigenvalue weighted by molar-refractivity contribution is -0.119. The fraction of sp³-hybridized carbons (Fsp3) is 0.176. The van der Waals surface area contributed by atoms with Gasteiger partial charge in [0.05, 0.1) is 6.54 Å². The molecule has 4 N–H and O–H groups in total. The third-order valence-electron chi connectivity index (χ3n) is 3.16. The van der Waals surface area contributed by atoms with E-state index in [1.165, 1.54) is 24.3 Å². The van der Waals surface area contributed by atoms with E-state index >= 15 is 0 Å². The third kappa shape index (κ3) is 6.89. The van der Waals surface area contributed by atoms with Crippen LogP contribution in [0.25, 0.3) is 0 Å². The monoisotopic (exact) mass is 380 g/mol. The number of rotatable bonds is 6. The van der Waals surface area contributed by atoms with Crippen LogP contribution in [-0.4, -0.2) is 24.2 Å². The molecule has 138 valence electrons. The molecular weight excluding hydrogens is 362 g/mol. The number of ether oxygens (including phenoxy) is 1. The maximum absolute atomic E-state index is 12.1. The minimum Gasteiger partial charge on any atom is -0.435 e. The highest BCUT2D eigenvalue weighted by Gasteiger charge is 2.05. The van der Waals surface area contributed by atoms with E-state index in [0.717, 1.165) is 11.3 Å². The first-order chi connectivity index (χ1) is 12.4. The molecule has 2 aromatic carbocycles. The van der Waals surface area contributed by atoms with Crippen molar-refractivity contribution in [3.8, 4) is 5.75 Å². The summed E-state index contributed by atoms with van der Waals surface area (Å²) in [7, 11) is 0. The molecule has 0 unspecified atom stereocenters. The number of benzene rings is 2. The number of thiocarbonyl (C=S) groups is 1. The van der Waals surface area contributed by atoms with Crippen LogP contribution in [0.5, 0.6) is 5.75 Å². The molecule has 0 radical (unpaired) electrons. The van der Waals surface area contributed by atoms with Crippen molar-refractivity contribution in [3.05, 3.63) is 54.1 Å². The molecule has 0 aliphatic rings. The van der Waals surface area contributed by atoms with Gasteiger partial charge in [0.15, 0.2) is 5.11 Å². The summed E-state index contributed by atoms with van der Waals surface area (Å²) in [5.41, 5.74) is 7.51. The van der Waals surface area contributed by atoms with Crippen molar-refractivity contribution in [1.29, 1.82) is 0 Å². The van der Waals surface area contributed by atoms with E-state index in [2.05, 4.69) is 26.2 Å². The zero-order valence-corrected chi connectivity index (χ0v) is 14.7. The Labute approximate surface area is 154 Å². The van der Waals surface area contributed by atoms with Gasteiger partial charge >= 0.3 is 6.61 Å². The molecule has 9 heteroatoms. The Balaban J connectivity index is 1.70. The van der Waals surface area contributed by atoms with Crippen molar-refractivity contribution in [2.45, 2.75) is 13.5 Å². The van der Waals surface area contributed by atoms with Crippen LogP contribution >= 0.6 is 12.2 Å². The molecule has 0 aliphatic carbocycles. The van der Waals surface area contributed by atoms with Crippen LogP contribution in [0.15, 0.2) is 48.5 Å². The number of hydrogen-bond acceptors (Lipinski definition) is 4. The van der Waals surface area contributed by atoms with Crippen molar-refractivity contribution < 1.29 is 18.3 Å². The molecule has 0 aliphatic heterocycles. The van der Waals surface area contributed by atoms with Gasteiger partial charge in [-0.25, -0.2) is 0 Å². The zero-order valence-electron chi connectivity index (χ0n) is 13.9. The fourth-order valence-electron chi connectivity index (χ4n) is 1.91. The number of alkyl halides is 2. The molecule has 6 nitrogen and oxygen atoms in total. The Kier molecular flexibility index (Phi) is 7.10. The Morgan fingerprint density at radius 2 is 1.65 bits per heavy atom. The van der Waals surface area contributed by atoms with Crippen LogP contribution in [0, 0.1) is 6.92 Å². The molecule has 0 heterocycles. The molecule has 0 fully saturated rings. The number of nitrogens with one attached hydrogen (secondary N) is 4. The minimum atomic E-state index is -2.87. The normalized spacial score (nSPS) is 10.2. The number of carbonyl (C=O) groups is 1. The largest absolute Gasteiger partial charge is 0.435 e. The summed E-state index contributed by atoms with van der Waals surface area (Å²) in [5, 5.41) is 5.93. The molecule has 2 aromatic rings. The first-order valence-corrected chi connectivity index (χ1v) is 8.04. The molecule has 0 aromatic heterocycles. The SMILES string of the molecule is Cc1ccc(NCC(=O)NNC(=S)Nc2ccc(OC(F)F)cc2)cc1. The van der Waals surface area contributed by atoms with Gasteiger partial charge in [0.2, 0.25) is 0 Å². The minimum absolute atomic E-state index is 0.0416. The van der Waals surface area contributed by atoms with E-state index in [-0.39, 0.29) is 23.3 Å². The zero-order chi connectivity index (χ0) is 18.9. The summed E-state index contributed by atoms with van der Waals surface area (Å²) < 4.78 is 28.4. The van der Waals surface area contributed by atoms with Gasteiger partial charge in [-0.1, -0.05) is 17.7 Å². The average molecular weight is 380 g/mol. The van der Waals surface area contributed by atoms with E-state index in [9.17, 15) is 13.6 Å². The predicted octanol–water partition coefficient (Wildman–Crippen LogP) is 3.03. The number of aryl methyl sites for hydroxylation is 1. The van der Waals surface area contributed by atoms with Crippen LogP contribution in [0.1, 0.15) is 5.56 Å². The van der Waals surface area contributed by atoms with Crippen LogP contribution in [-0.2, 0) is 4.79 Å². The van der Waals surface area contributed by atoms with Crippen LogP contribution < -0.4 is 26.2 Å². The quantitative estimate of drug-likeness (QED) is 0.456. The second-order valence-corrected chi connectivity index (χ2v) is 5.66. The number of carbonyl (C=O) groups excluding carboxylic acids is 1. The maximum atomic E-state index is 12.1. The lowest BCUT2D eigenvalue weighted by Crippen LogP contribution is -2.45. The van der Waals surface area contributed by atoms with Crippen LogP contribution in [0.3, 0.4) is 0 Å². The Morgan fingerprint density at radius 3 is 2.27 bits per heavy atom. The van der Waals surface area contributed by atoms with Crippen molar-refractivity contribution in [1.82, 2.24) is 10.9 Å². The Morgan fingerprint density at radius 1 is 1.04 bits per heavy atom. The second kappa shape index (κ2) is 9.52. The number of hydrazine groups is 1. The van der Waals surface area contributed by atoms with E-state index < -0.39 is 6.61 Å². The van der Waals surface area contributed by atoms with E-state index in [1.807, 2.05) is 31.2 Å². The summed E-state index contributed by atoms with van der Waals surface area (Å²) in [6, 6.07) is 13.4. The van der Waals surface area contributed by atoms with Crippen LogP contribution in [0.4, 0.5) is 20.2 Å². The standard InChI is InChI=1S/C17H18F2N4O2S/c1-11-2-4-12(5-3-11)20-10-15(24)22-23-17(26)21-13-6-8-14(9-7-13)25-16(18)19/h2-9,16,20H,10H2,1H3,(H,22,24)(H2,21,23,26). The molecule has 0 saturated heterocycles. The van der Waals surface area contributed by atoms with Gasteiger partial charge < -0.3 is 15.4 Å². The number of halogens is 2. The third-order valence-corrected chi connectivity index (χ3v) is 3.36. The van der Waals surface area contributed by atoms with Gasteiger partial charge in [0, 0.05) is 11.4 Å². The van der Waals surface area contributed by atoms with E-state index in [4.69, 9.17) is 12.2 Å². The van der Waals surface area contributed by atoms with E-state index in [0.29, 0.717) is 5.69 Å². The highest BCUT2D eigenvalue weighted by atomic mass is 32.1. The highest BCUT2D eigenvalue weighted by molar-refractivity contribution is 7.80. The van der Waals surface area contributed by atoms with Gasteiger partial charge in [-0.2, -0.15) is 8.78 Å². The lowest BCUT2D eigenvalue weighted by Gasteiger charge is -2.13. The molecular formula is C17H18F2N4O2S. The van der Waals surface area contributed by atoms with Gasteiger partial charge in [0.25, 0.3) is 5.91 Å². The first kappa shape index (κ1) is 19.4. The van der Waals surface area contributed by atoms with Gasteiger partial charge in [-0.05, 0) is 55.5 Å². The molecule has 2 rings (SSSR count). The number of anilines is 2. The highest BCUT2D eigenvalue weighted by Crippen LogP contribution is 2.17. The van der Waals surface area contributed by atoms with Gasteiger partial charge in [-0.3, -0.25) is 15.6 Å². The van der Waals surface area contributed by atoms with Crippen molar-refractivity contribution in [3.63, 3.8) is 0 Å². The van der Waals surface area contributed by atoms with Crippen LogP contribution in [0.2, 0.25) is 0 Å². The summed E-state index contributed by atoms with van der Waals surface area (Å²) in [6.07, 6.45) is 0. The second-order valence-electron chi connectivity index (χ2n) is 5.25. The van der Waals surface area contributed by atoms with Gasteiger partial charge in [0.1, 0.15) is 5.75 Å². The molecule has 0 saturated carbocycles. The average Bonchev–Trinajstić information content (AvgIpc) is 2.61. The van der Waals surface area contributed by atoms with Crippen molar-refractivity contribution in [2.24, 2.45) is 0 Å². The first-order valence-electron chi connectivity index (χ1n) is 7.63. The summed E-state index contributed by atoms with van der Waals surface area (Å²) in [6.45, 7) is -0.827.